The van der Waals surface area contributed by atoms with Gasteiger partial charge in [0.2, 0.25) is 6.79 Å². The van der Waals surface area contributed by atoms with Gasteiger partial charge in [-0.3, -0.25) is 9.59 Å². The molecule has 3 aromatic rings. The SMILES string of the molecule is Cc1cc(C)cc(N2C(=O)C(Nc3ccc4c(c3)OCO4)=C(c3ccc(Cl)cc3)C2=O)c1. The molecule has 0 fully saturated rings. The highest BCUT2D eigenvalue weighted by Gasteiger charge is 2.40. The molecule has 160 valence electrons. The summed E-state index contributed by atoms with van der Waals surface area (Å²) in [7, 11) is 0. The molecule has 0 unspecified atom stereocenters. The molecule has 2 aliphatic rings. The summed E-state index contributed by atoms with van der Waals surface area (Å²) >= 11 is 6.04. The standard InChI is InChI=1S/C25H19ClN2O4/c1-14-9-15(2)11-19(10-14)28-24(29)22(16-3-5-17(26)6-4-16)23(25(28)30)27-18-7-8-20-21(12-18)32-13-31-20/h3-12,27H,13H2,1-2H3. The minimum absolute atomic E-state index is 0.148. The number of nitrogens with one attached hydrogen (secondary N) is 1. The predicted octanol–water partition coefficient (Wildman–Crippen LogP) is 5.08. The zero-order valence-electron chi connectivity index (χ0n) is 17.4. The number of hydrogen-bond acceptors (Lipinski definition) is 5. The van der Waals surface area contributed by atoms with Crippen LogP contribution in [-0.2, 0) is 9.59 Å². The van der Waals surface area contributed by atoms with Gasteiger partial charge in [0, 0.05) is 16.8 Å². The van der Waals surface area contributed by atoms with Crippen LogP contribution in [0.2, 0.25) is 5.02 Å². The van der Waals surface area contributed by atoms with Crippen LogP contribution >= 0.6 is 11.6 Å². The average molecular weight is 447 g/mol. The number of amides is 2. The van der Waals surface area contributed by atoms with Crippen LogP contribution < -0.4 is 19.7 Å². The third-order valence-corrected chi connectivity index (χ3v) is 5.58. The molecule has 0 bridgehead atoms. The van der Waals surface area contributed by atoms with E-state index in [-0.39, 0.29) is 18.1 Å². The van der Waals surface area contributed by atoms with E-state index in [4.69, 9.17) is 21.1 Å². The second kappa shape index (κ2) is 7.73. The van der Waals surface area contributed by atoms with Crippen LogP contribution in [0.5, 0.6) is 11.5 Å². The minimum Gasteiger partial charge on any atom is -0.454 e. The molecule has 0 saturated carbocycles. The van der Waals surface area contributed by atoms with E-state index in [1.54, 1.807) is 42.5 Å². The zero-order chi connectivity index (χ0) is 22.4. The normalized spacial score (nSPS) is 15.0. The number of carbonyl (C=O) groups is 2. The Labute approximate surface area is 190 Å². The Bertz CT molecular complexity index is 1280. The Morgan fingerprint density at radius 3 is 2.25 bits per heavy atom. The van der Waals surface area contributed by atoms with Gasteiger partial charge in [0.05, 0.1) is 11.3 Å². The highest BCUT2D eigenvalue weighted by Crippen LogP contribution is 2.38. The first kappa shape index (κ1) is 20.2. The molecule has 2 amide bonds. The van der Waals surface area contributed by atoms with E-state index in [0.29, 0.717) is 33.5 Å². The minimum atomic E-state index is -0.428. The van der Waals surface area contributed by atoms with Crippen molar-refractivity contribution in [3.05, 3.63) is 88.1 Å². The summed E-state index contributed by atoms with van der Waals surface area (Å²) in [5.41, 5.74) is 4.14. The summed E-state index contributed by atoms with van der Waals surface area (Å²) in [4.78, 5) is 28.3. The van der Waals surface area contributed by atoms with Crippen LogP contribution in [0.1, 0.15) is 16.7 Å². The number of anilines is 2. The highest BCUT2D eigenvalue weighted by molar-refractivity contribution is 6.46. The summed E-state index contributed by atoms with van der Waals surface area (Å²) in [5, 5.41) is 3.69. The molecule has 0 atom stereocenters. The van der Waals surface area contributed by atoms with E-state index in [1.807, 2.05) is 32.0 Å². The molecule has 0 aromatic heterocycles. The van der Waals surface area contributed by atoms with Crippen molar-refractivity contribution in [3.63, 3.8) is 0 Å². The summed E-state index contributed by atoms with van der Waals surface area (Å²) in [5.74, 6) is 0.382. The molecule has 0 aliphatic carbocycles. The molecule has 0 radical (unpaired) electrons. The first-order valence-electron chi connectivity index (χ1n) is 10.0. The smallest absolute Gasteiger partial charge is 0.282 e. The fourth-order valence-electron chi connectivity index (χ4n) is 3.96. The Morgan fingerprint density at radius 1 is 0.844 bits per heavy atom. The Morgan fingerprint density at radius 2 is 1.53 bits per heavy atom. The molecule has 3 aromatic carbocycles. The highest BCUT2D eigenvalue weighted by atomic mass is 35.5. The second-order valence-electron chi connectivity index (χ2n) is 7.74. The number of rotatable bonds is 4. The summed E-state index contributed by atoms with van der Waals surface area (Å²) < 4.78 is 10.8. The van der Waals surface area contributed by atoms with E-state index < -0.39 is 11.8 Å². The van der Waals surface area contributed by atoms with E-state index in [0.717, 1.165) is 11.1 Å². The molecule has 7 heteroatoms. The van der Waals surface area contributed by atoms with Crippen LogP contribution in [0.3, 0.4) is 0 Å². The number of aryl methyl sites for hydroxylation is 2. The zero-order valence-corrected chi connectivity index (χ0v) is 18.2. The van der Waals surface area contributed by atoms with E-state index in [1.165, 1.54) is 4.90 Å². The number of imide groups is 1. The van der Waals surface area contributed by atoms with Crippen molar-refractivity contribution in [2.75, 3.05) is 17.0 Å². The number of ether oxygens (including phenoxy) is 2. The fourth-order valence-corrected chi connectivity index (χ4v) is 4.09. The third kappa shape index (κ3) is 3.48. The molecule has 32 heavy (non-hydrogen) atoms. The van der Waals surface area contributed by atoms with Crippen molar-refractivity contribution in [2.45, 2.75) is 13.8 Å². The van der Waals surface area contributed by atoms with Crippen molar-refractivity contribution >= 4 is 40.4 Å². The lowest BCUT2D eigenvalue weighted by atomic mass is 10.0. The Kier molecular flexibility index (Phi) is 4.87. The van der Waals surface area contributed by atoms with Gasteiger partial charge in [-0.2, -0.15) is 0 Å². The second-order valence-corrected chi connectivity index (χ2v) is 8.18. The van der Waals surface area contributed by atoms with Gasteiger partial charge in [0.15, 0.2) is 11.5 Å². The molecular weight excluding hydrogens is 428 g/mol. The lowest BCUT2D eigenvalue weighted by molar-refractivity contribution is -0.120. The average Bonchev–Trinajstić information content (AvgIpc) is 3.30. The first-order chi connectivity index (χ1) is 15.4. The van der Waals surface area contributed by atoms with Crippen molar-refractivity contribution < 1.29 is 19.1 Å². The maximum atomic E-state index is 13.5. The van der Waals surface area contributed by atoms with Crippen LogP contribution in [0.4, 0.5) is 11.4 Å². The van der Waals surface area contributed by atoms with E-state index in [2.05, 4.69) is 5.32 Å². The van der Waals surface area contributed by atoms with Gasteiger partial charge in [-0.15, -0.1) is 0 Å². The Hall–Kier alpha value is -3.77. The third-order valence-electron chi connectivity index (χ3n) is 5.32. The number of fused-ring (bicyclic) bond motifs is 1. The molecule has 5 rings (SSSR count). The quantitative estimate of drug-likeness (QED) is 0.566. The van der Waals surface area contributed by atoms with Crippen molar-refractivity contribution in [2.24, 2.45) is 0 Å². The van der Waals surface area contributed by atoms with Gasteiger partial charge in [0.1, 0.15) is 5.70 Å². The summed E-state index contributed by atoms with van der Waals surface area (Å²) in [6.07, 6.45) is 0. The van der Waals surface area contributed by atoms with Crippen LogP contribution in [-0.4, -0.2) is 18.6 Å². The van der Waals surface area contributed by atoms with Crippen LogP contribution in [0.15, 0.2) is 66.4 Å². The van der Waals surface area contributed by atoms with Gasteiger partial charge >= 0.3 is 0 Å². The number of nitrogens with zero attached hydrogens (tertiary/aromatic N) is 1. The maximum Gasteiger partial charge on any atom is 0.282 e. The summed E-state index contributed by atoms with van der Waals surface area (Å²) in [6, 6.07) is 17.8. The van der Waals surface area contributed by atoms with Gasteiger partial charge in [0.25, 0.3) is 11.8 Å². The molecule has 2 aliphatic heterocycles. The van der Waals surface area contributed by atoms with Crippen LogP contribution in [0, 0.1) is 13.8 Å². The number of carbonyl (C=O) groups excluding carboxylic acids is 2. The molecule has 2 heterocycles. The van der Waals surface area contributed by atoms with Gasteiger partial charge in [-0.1, -0.05) is 29.8 Å². The largest absolute Gasteiger partial charge is 0.454 e. The maximum absolute atomic E-state index is 13.5. The molecule has 6 nitrogen and oxygen atoms in total. The first-order valence-corrected chi connectivity index (χ1v) is 10.4. The Balaban J connectivity index is 1.60. The molecular formula is C25H19ClN2O4. The number of halogens is 1. The number of hydrogen-bond donors (Lipinski definition) is 1. The predicted molar refractivity (Wildman–Crippen MR) is 123 cm³/mol. The number of benzene rings is 3. The van der Waals surface area contributed by atoms with Gasteiger partial charge < -0.3 is 14.8 Å². The van der Waals surface area contributed by atoms with E-state index >= 15 is 0 Å². The molecule has 0 spiro atoms. The van der Waals surface area contributed by atoms with Gasteiger partial charge in [-0.25, -0.2) is 4.90 Å². The topological polar surface area (TPSA) is 67.9 Å². The van der Waals surface area contributed by atoms with Gasteiger partial charge in [-0.05, 0) is 66.9 Å². The molecule has 1 N–H and O–H groups in total. The molecule has 0 saturated heterocycles. The van der Waals surface area contributed by atoms with E-state index in [9.17, 15) is 9.59 Å². The fraction of sp³-hybridized carbons (Fsp3) is 0.120. The van der Waals surface area contributed by atoms with Crippen molar-refractivity contribution in [1.82, 2.24) is 0 Å². The van der Waals surface area contributed by atoms with Crippen LogP contribution in [0.25, 0.3) is 5.57 Å². The lowest BCUT2D eigenvalue weighted by Gasteiger charge is -2.17. The van der Waals surface area contributed by atoms with Crippen molar-refractivity contribution in [1.29, 1.82) is 0 Å². The van der Waals surface area contributed by atoms with Crippen molar-refractivity contribution in [3.8, 4) is 11.5 Å². The lowest BCUT2D eigenvalue weighted by Crippen LogP contribution is -2.32. The summed E-state index contributed by atoms with van der Waals surface area (Å²) in [6.45, 7) is 4.01. The monoisotopic (exact) mass is 446 g/mol.